The molecule has 0 aromatic carbocycles. The second-order valence-corrected chi connectivity index (χ2v) is 4.30. The molecule has 0 aliphatic carbocycles. The summed E-state index contributed by atoms with van der Waals surface area (Å²) in [5, 5.41) is 1.66. The van der Waals surface area contributed by atoms with Crippen LogP contribution in [0.5, 0.6) is 0 Å². The first-order valence-electron chi connectivity index (χ1n) is 3.27. The van der Waals surface area contributed by atoms with Gasteiger partial charge in [-0.2, -0.15) is 0 Å². The van der Waals surface area contributed by atoms with Crippen LogP contribution in [0.25, 0.3) is 0 Å². The first-order valence-corrected chi connectivity index (χ1v) is 4.75. The highest BCUT2D eigenvalue weighted by molar-refractivity contribution is 7.68. The third kappa shape index (κ3) is 0.881. The number of rotatable bonds is 0. The Balaban J connectivity index is 2.29. The van der Waals surface area contributed by atoms with Gasteiger partial charge >= 0.3 is 0 Å². The van der Waals surface area contributed by atoms with Gasteiger partial charge in [-0.05, 0) is 26.1 Å². The van der Waals surface area contributed by atoms with Gasteiger partial charge in [-0.25, -0.2) is 0 Å². The zero-order chi connectivity index (χ0) is 6.10. The quantitative estimate of drug-likeness (QED) is 0.448. The van der Waals surface area contributed by atoms with Crippen LogP contribution < -0.4 is 0 Å². The van der Waals surface area contributed by atoms with Crippen LogP contribution in [-0.2, 0) is 0 Å². The van der Waals surface area contributed by atoms with E-state index in [9.17, 15) is 0 Å². The largest absolute Gasteiger partial charge is 0.0797 e. The van der Waals surface area contributed by atoms with Crippen molar-refractivity contribution in [1.82, 2.24) is 0 Å². The molecule has 2 heterocycles. The number of hydrogen-bond donors (Lipinski definition) is 0. The highest BCUT2D eigenvalue weighted by atomic mass is 31.1. The monoisotopic (exact) mass is 136 g/mol. The highest BCUT2D eigenvalue weighted by Gasteiger charge is 2.12. The van der Waals surface area contributed by atoms with E-state index < -0.39 is 0 Å². The maximum Gasteiger partial charge on any atom is -0.00864 e. The Morgan fingerprint density at radius 3 is 3.00 bits per heavy atom. The third-order valence-corrected chi connectivity index (χ3v) is 3.77. The molecule has 0 bridgehead atoms. The van der Waals surface area contributed by atoms with Gasteiger partial charge in [-0.1, -0.05) is 29.9 Å². The zero-order valence-corrected chi connectivity index (χ0v) is 6.14. The SMILES string of the molecule is C1=CP2C=CCC2=CC1. The molecule has 2 aliphatic heterocycles. The molecule has 46 valence electrons. The molecule has 0 radical (unpaired) electrons. The summed E-state index contributed by atoms with van der Waals surface area (Å²) in [4.78, 5) is 0. The predicted molar refractivity (Wildman–Crippen MR) is 42.5 cm³/mol. The molecule has 0 N–H and O–H groups in total. The van der Waals surface area contributed by atoms with Crippen LogP contribution in [0.1, 0.15) is 12.8 Å². The first kappa shape index (κ1) is 5.44. The number of fused-ring (bicyclic) bond motifs is 1. The summed E-state index contributed by atoms with van der Waals surface area (Å²) < 4.78 is 0. The smallest absolute Gasteiger partial charge is 0.00864 e. The van der Waals surface area contributed by atoms with Crippen molar-refractivity contribution in [1.29, 1.82) is 0 Å². The Morgan fingerprint density at radius 1 is 1.22 bits per heavy atom. The van der Waals surface area contributed by atoms with E-state index in [0.717, 1.165) is 6.42 Å². The van der Waals surface area contributed by atoms with Gasteiger partial charge in [0.05, 0.1) is 0 Å². The molecular weight excluding hydrogens is 127 g/mol. The molecule has 0 fully saturated rings. The summed E-state index contributed by atoms with van der Waals surface area (Å²) in [5.41, 5.74) is 0. The minimum atomic E-state index is 0.0804. The van der Waals surface area contributed by atoms with Crippen molar-refractivity contribution in [2.24, 2.45) is 0 Å². The van der Waals surface area contributed by atoms with Crippen LogP contribution in [0.4, 0.5) is 0 Å². The fraction of sp³-hybridized carbons (Fsp3) is 0.250. The van der Waals surface area contributed by atoms with Gasteiger partial charge in [0, 0.05) is 0 Å². The normalized spacial score (nSPS) is 30.2. The second kappa shape index (κ2) is 2.11. The van der Waals surface area contributed by atoms with Gasteiger partial charge in [0.1, 0.15) is 0 Å². The molecule has 0 aromatic heterocycles. The van der Waals surface area contributed by atoms with E-state index in [0.29, 0.717) is 0 Å². The van der Waals surface area contributed by atoms with Gasteiger partial charge in [0.25, 0.3) is 0 Å². The molecule has 9 heavy (non-hydrogen) atoms. The standard InChI is InChI=1S/C8H9P/c1-2-6-9-7-3-5-8(9)4-1/h2-4,6-7H,1,5H2. The minimum Gasteiger partial charge on any atom is -0.0797 e. The van der Waals surface area contributed by atoms with Crippen molar-refractivity contribution in [3.63, 3.8) is 0 Å². The molecule has 1 atom stereocenters. The first-order chi connectivity index (χ1) is 4.47. The van der Waals surface area contributed by atoms with Crippen molar-refractivity contribution in [3.05, 3.63) is 35.2 Å². The van der Waals surface area contributed by atoms with Crippen LogP contribution in [0.15, 0.2) is 35.2 Å². The van der Waals surface area contributed by atoms with Gasteiger partial charge in [0.15, 0.2) is 0 Å². The van der Waals surface area contributed by atoms with E-state index >= 15 is 0 Å². The lowest BCUT2D eigenvalue weighted by atomic mass is 10.3. The van der Waals surface area contributed by atoms with Crippen molar-refractivity contribution in [2.45, 2.75) is 12.8 Å². The minimum absolute atomic E-state index is 0.0804. The Morgan fingerprint density at radius 2 is 2.11 bits per heavy atom. The van der Waals surface area contributed by atoms with Crippen molar-refractivity contribution in [3.8, 4) is 0 Å². The van der Waals surface area contributed by atoms with Crippen LogP contribution in [0, 0.1) is 0 Å². The van der Waals surface area contributed by atoms with E-state index in [4.69, 9.17) is 0 Å². The fourth-order valence-corrected chi connectivity index (χ4v) is 3.00. The Labute approximate surface area is 56.7 Å². The van der Waals surface area contributed by atoms with Crippen LogP contribution >= 0.6 is 7.92 Å². The Hall–Kier alpha value is -0.350. The van der Waals surface area contributed by atoms with Gasteiger partial charge in [0.2, 0.25) is 0 Å². The van der Waals surface area contributed by atoms with Crippen LogP contribution in [0.2, 0.25) is 0 Å². The predicted octanol–water partition coefficient (Wildman–Crippen LogP) is 3.19. The second-order valence-electron chi connectivity index (χ2n) is 2.31. The molecule has 2 rings (SSSR count). The molecular formula is C8H9P. The topological polar surface area (TPSA) is 0 Å². The summed E-state index contributed by atoms with van der Waals surface area (Å²) in [5.74, 6) is 4.70. The van der Waals surface area contributed by atoms with Gasteiger partial charge < -0.3 is 0 Å². The number of allylic oxidation sites excluding steroid dienone is 4. The van der Waals surface area contributed by atoms with E-state index in [1.54, 1.807) is 5.31 Å². The van der Waals surface area contributed by atoms with E-state index in [-0.39, 0.29) is 7.92 Å². The lowest BCUT2D eigenvalue weighted by molar-refractivity contribution is 1.29. The Kier molecular flexibility index (Phi) is 1.28. The maximum absolute atomic E-state index is 2.37. The van der Waals surface area contributed by atoms with Gasteiger partial charge in [-0.15, -0.1) is 0 Å². The molecule has 2 aliphatic rings. The van der Waals surface area contributed by atoms with Crippen molar-refractivity contribution >= 4 is 7.92 Å². The van der Waals surface area contributed by atoms with E-state index in [2.05, 4.69) is 29.9 Å². The molecule has 1 heteroatoms. The summed E-state index contributed by atoms with van der Waals surface area (Å²) in [7, 11) is 0.0804. The summed E-state index contributed by atoms with van der Waals surface area (Å²) in [6.45, 7) is 0. The summed E-state index contributed by atoms with van der Waals surface area (Å²) in [6, 6.07) is 0. The molecule has 0 saturated heterocycles. The molecule has 0 amide bonds. The van der Waals surface area contributed by atoms with Crippen LogP contribution in [0.3, 0.4) is 0 Å². The van der Waals surface area contributed by atoms with Crippen molar-refractivity contribution < 1.29 is 0 Å². The van der Waals surface area contributed by atoms with E-state index in [1.165, 1.54) is 6.42 Å². The molecule has 0 nitrogen and oxygen atoms in total. The van der Waals surface area contributed by atoms with Gasteiger partial charge in [-0.3, -0.25) is 0 Å². The van der Waals surface area contributed by atoms with Crippen molar-refractivity contribution in [2.75, 3.05) is 0 Å². The number of hydrogen-bond acceptors (Lipinski definition) is 0. The van der Waals surface area contributed by atoms with Crippen LogP contribution in [-0.4, -0.2) is 0 Å². The summed E-state index contributed by atoms with van der Waals surface area (Å²) >= 11 is 0. The lowest BCUT2D eigenvalue weighted by Gasteiger charge is -2.09. The maximum atomic E-state index is 2.37. The summed E-state index contributed by atoms with van der Waals surface area (Å²) in [6.07, 6.45) is 9.30. The average molecular weight is 136 g/mol. The average Bonchev–Trinajstić information content (AvgIpc) is 2.33. The highest BCUT2D eigenvalue weighted by Crippen LogP contribution is 2.55. The molecule has 0 aromatic rings. The molecule has 0 spiro atoms. The Bertz CT molecular complexity index is 199. The molecule has 1 unspecified atom stereocenters. The fourth-order valence-electron chi connectivity index (χ4n) is 1.20. The molecule has 0 saturated carbocycles. The van der Waals surface area contributed by atoms with E-state index in [1.807, 2.05) is 0 Å². The lowest BCUT2D eigenvalue weighted by Crippen LogP contribution is -1.75. The zero-order valence-electron chi connectivity index (χ0n) is 5.25. The third-order valence-electron chi connectivity index (χ3n) is 1.68.